The minimum absolute atomic E-state index is 0.433. The van der Waals surface area contributed by atoms with Crippen LogP contribution >= 0.6 is 11.6 Å². The van der Waals surface area contributed by atoms with E-state index in [1.807, 2.05) is 36.0 Å². The lowest BCUT2D eigenvalue weighted by molar-refractivity contribution is 0.717. The molecule has 0 unspecified atom stereocenters. The molecule has 0 aliphatic carbocycles. The zero-order chi connectivity index (χ0) is 11.7. The lowest BCUT2D eigenvalue weighted by Crippen LogP contribution is -1.95. The summed E-state index contributed by atoms with van der Waals surface area (Å²) in [6.45, 7) is 4.28. The molecule has 84 valence electrons. The van der Waals surface area contributed by atoms with Crippen molar-refractivity contribution in [3.05, 3.63) is 41.0 Å². The average Bonchev–Trinajstić information content (AvgIpc) is 2.61. The molecule has 3 heteroatoms. The molecule has 0 N–H and O–H groups in total. The summed E-state index contributed by atoms with van der Waals surface area (Å²) in [7, 11) is 1.95. The molecule has 0 saturated carbocycles. The fourth-order valence-electron chi connectivity index (χ4n) is 1.69. The smallest absolute Gasteiger partial charge is 0.0696 e. The van der Waals surface area contributed by atoms with Crippen LogP contribution in [-0.4, -0.2) is 9.78 Å². The van der Waals surface area contributed by atoms with Gasteiger partial charge in [0.25, 0.3) is 0 Å². The molecule has 1 heterocycles. The van der Waals surface area contributed by atoms with Crippen molar-refractivity contribution in [3.8, 4) is 11.3 Å². The maximum atomic E-state index is 6.18. The van der Waals surface area contributed by atoms with Crippen LogP contribution in [0.1, 0.15) is 25.5 Å². The van der Waals surface area contributed by atoms with E-state index in [0.717, 1.165) is 22.0 Å². The highest BCUT2D eigenvalue weighted by molar-refractivity contribution is 6.33. The van der Waals surface area contributed by atoms with Gasteiger partial charge in [-0.25, -0.2) is 0 Å². The predicted octanol–water partition coefficient (Wildman–Crippen LogP) is 3.86. The second-order valence-electron chi connectivity index (χ2n) is 4.21. The van der Waals surface area contributed by atoms with E-state index in [0.29, 0.717) is 5.92 Å². The standard InChI is InChI=1S/C13H15ClN2/c1-9(2)12-8-13(16(3)15-12)10-6-4-5-7-11(10)14/h4-9H,1-3H3. The van der Waals surface area contributed by atoms with Crippen LogP contribution in [0.5, 0.6) is 0 Å². The Bertz CT molecular complexity index is 500. The fourth-order valence-corrected chi connectivity index (χ4v) is 1.93. The molecular formula is C13H15ClN2. The van der Waals surface area contributed by atoms with Crippen molar-refractivity contribution in [2.24, 2.45) is 7.05 Å². The number of hydrogen-bond acceptors (Lipinski definition) is 1. The van der Waals surface area contributed by atoms with E-state index in [9.17, 15) is 0 Å². The molecule has 0 saturated heterocycles. The van der Waals surface area contributed by atoms with Crippen molar-refractivity contribution in [3.63, 3.8) is 0 Å². The summed E-state index contributed by atoms with van der Waals surface area (Å²) in [5.74, 6) is 0.433. The van der Waals surface area contributed by atoms with Gasteiger partial charge in [0.15, 0.2) is 0 Å². The largest absolute Gasteiger partial charge is 0.268 e. The number of nitrogens with zero attached hydrogens (tertiary/aromatic N) is 2. The topological polar surface area (TPSA) is 17.8 Å². The zero-order valence-corrected chi connectivity index (χ0v) is 10.5. The first-order chi connectivity index (χ1) is 7.59. The minimum atomic E-state index is 0.433. The van der Waals surface area contributed by atoms with Gasteiger partial charge < -0.3 is 0 Å². The van der Waals surface area contributed by atoms with Crippen molar-refractivity contribution >= 4 is 11.6 Å². The molecule has 16 heavy (non-hydrogen) atoms. The Balaban J connectivity index is 2.52. The first kappa shape index (κ1) is 11.2. The van der Waals surface area contributed by atoms with Gasteiger partial charge in [0.05, 0.1) is 11.4 Å². The number of rotatable bonds is 2. The van der Waals surface area contributed by atoms with Gasteiger partial charge in [-0.1, -0.05) is 43.6 Å². The van der Waals surface area contributed by atoms with Gasteiger partial charge in [-0.3, -0.25) is 4.68 Å². The van der Waals surface area contributed by atoms with Gasteiger partial charge in [-0.2, -0.15) is 5.10 Å². The SMILES string of the molecule is CC(C)c1cc(-c2ccccc2Cl)n(C)n1. The third kappa shape index (κ3) is 1.98. The maximum absolute atomic E-state index is 6.18. The average molecular weight is 235 g/mol. The lowest BCUT2D eigenvalue weighted by atomic mass is 10.1. The quantitative estimate of drug-likeness (QED) is 0.772. The van der Waals surface area contributed by atoms with Crippen molar-refractivity contribution in [2.75, 3.05) is 0 Å². The van der Waals surface area contributed by atoms with Crippen LogP contribution in [0.3, 0.4) is 0 Å². The number of halogens is 1. The van der Waals surface area contributed by atoms with Crippen molar-refractivity contribution in [2.45, 2.75) is 19.8 Å². The third-order valence-corrected chi connectivity index (χ3v) is 2.97. The zero-order valence-electron chi connectivity index (χ0n) is 9.74. The molecule has 0 radical (unpaired) electrons. The highest BCUT2D eigenvalue weighted by atomic mass is 35.5. The van der Waals surface area contributed by atoms with Crippen LogP contribution in [-0.2, 0) is 7.05 Å². The highest BCUT2D eigenvalue weighted by Gasteiger charge is 2.11. The van der Waals surface area contributed by atoms with Crippen LogP contribution in [0, 0.1) is 0 Å². The van der Waals surface area contributed by atoms with Crippen molar-refractivity contribution < 1.29 is 0 Å². The predicted molar refractivity (Wildman–Crippen MR) is 67.7 cm³/mol. The van der Waals surface area contributed by atoms with Gasteiger partial charge >= 0.3 is 0 Å². The molecule has 0 aliphatic rings. The van der Waals surface area contributed by atoms with E-state index < -0.39 is 0 Å². The fraction of sp³-hybridized carbons (Fsp3) is 0.308. The molecule has 1 aromatic heterocycles. The normalized spacial score (nSPS) is 11.1. The Morgan fingerprint density at radius 3 is 2.50 bits per heavy atom. The van der Waals surface area contributed by atoms with Crippen LogP contribution in [0.15, 0.2) is 30.3 Å². The molecule has 0 amide bonds. The molecule has 0 spiro atoms. The molecule has 1 aromatic carbocycles. The third-order valence-electron chi connectivity index (χ3n) is 2.64. The van der Waals surface area contributed by atoms with E-state index in [4.69, 9.17) is 11.6 Å². The summed E-state index contributed by atoms with van der Waals surface area (Å²) < 4.78 is 1.89. The van der Waals surface area contributed by atoms with Crippen LogP contribution in [0.4, 0.5) is 0 Å². The first-order valence-electron chi connectivity index (χ1n) is 5.38. The summed E-state index contributed by atoms with van der Waals surface area (Å²) in [5.41, 5.74) is 3.19. The Morgan fingerprint density at radius 1 is 1.25 bits per heavy atom. The Hall–Kier alpha value is -1.28. The Kier molecular flexibility index (Phi) is 3.01. The van der Waals surface area contributed by atoms with Crippen LogP contribution in [0.25, 0.3) is 11.3 Å². The summed E-state index contributed by atoms with van der Waals surface area (Å²) in [5, 5.41) is 5.25. The monoisotopic (exact) mass is 234 g/mol. The molecular weight excluding hydrogens is 220 g/mol. The summed E-state index contributed by atoms with van der Waals surface area (Å²) in [6, 6.07) is 9.95. The Morgan fingerprint density at radius 2 is 1.94 bits per heavy atom. The lowest BCUT2D eigenvalue weighted by Gasteiger charge is -2.03. The van der Waals surface area contributed by atoms with Crippen molar-refractivity contribution in [1.29, 1.82) is 0 Å². The highest BCUT2D eigenvalue weighted by Crippen LogP contribution is 2.29. The van der Waals surface area contributed by atoms with E-state index in [-0.39, 0.29) is 0 Å². The Labute approximate surface area is 101 Å². The second kappa shape index (κ2) is 4.30. The van der Waals surface area contributed by atoms with E-state index in [2.05, 4.69) is 25.0 Å². The van der Waals surface area contributed by atoms with Crippen molar-refractivity contribution in [1.82, 2.24) is 9.78 Å². The van der Waals surface area contributed by atoms with Crippen LogP contribution in [0.2, 0.25) is 5.02 Å². The van der Waals surface area contributed by atoms with E-state index in [1.165, 1.54) is 0 Å². The molecule has 0 bridgehead atoms. The summed E-state index contributed by atoms with van der Waals surface area (Å²) >= 11 is 6.18. The van der Waals surface area contributed by atoms with E-state index >= 15 is 0 Å². The number of aromatic nitrogens is 2. The molecule has 0 aliphatic heterocycles. The van der Waals surface area contributed by atoms with Gasteiger partial charge in [0, 0.05) is 17.6 Å². The van der Waals surface area contributed by atoms with Gasteiger partial charge in [0.2, 0.25) is 0 Å². The summed E-state index contributed by atoms with van der Waals surface area (Å²) in [6.07, 6.45) is 0. The second-order valence-corrected chi connectivity index (χ2v) is 4.62. The molecule has 0 fully saturated rings. The number of hydrogen-bond donors (Lipinski definition) is 0. The first-order valence-corrected chi connectivity index (χ1v) is 5.76. The van der Waals surface area contributed by atoms with Gasteiger partial charge in [-0.15, -0.1) is 0 Å². The minimum Gasteiger partial charge on any atom is -0.268 e. The number of aryl methyl sites for hydroxylation is 1. The van der Waals surface area contributed by atoms with Gasteiger partial charge in [-0.05, 0) is 18.1 Å². The molecule has 2 nitrogen and oxygen atoms in total. The van der Waals surface area contributed by atoms with Gasteiger partial charge in [0.1, 0.15) is 0 Å². The molecule has 2 aromatic rings. The maximum Gasteiger partial charge on any atom is 0.0696 e. The molecule has 2 rings (SSSR count). The number of benzene rings is 1. The summed E-state index contributed by atoms with van der Waals surface area (Å²) in [4.78, 5) is 0. The molecule has 0 atom stereocenters. The van der Waals surface area contributed by atoms with Crippen LogP contribution < -0.4 is 0 Å². The van der Waals surface area contributed by atoms with E-state index in [1.54, 1.807) is 0 Å².